The smallest absolute Gasteiger partial charge is 0.244 e. The summed E-state index contributed by atoms with van der Waals surface area (Å²) in [5, 5.41) is 6.58. The van der Waals surface area contributed by atoms with Gasteiger partial charge in [0, 0.05) is 34.2 Å². The van der Waals surface area contributed by atoms with E-state index < -0.39 is 0 Å². The molecule has 1 aromatic heterocycles. The first kappa shape index (κ1) is 22.3. The molecule has 3 aromatic carbocycles. The van der Waals surface area contributed by atoms with Crippen molar-refractivity contribution in [2.45, 2.75) is 52.0 Å². The van der Waals surface area contributed by atoms with E-state index in [2.05, 4.69) is 53.8 Å². The molecule has 0 aliphatic heterocycles. The maximum atomic E-state index is 12.8. The summed E-state index contributed by atoms with van der Waals surface area (Å²) in [6, 6.07) is 17.1. The van der Waals surface area contributed by atoms with Gasteiger partial charge >= 0.3 is 0 Å². The summed E-state index contributed by atoms with van der Waals surface area (Å²) >= 11 is 0. The Labute approximate surface area is 200 Å². The first-order valence-corrected chi connectivity index (χ1v) is 12.1. The highest BCUT2D eigenvalue weighted by molar-refractivity contribution is 6.07. The summed E-state index contributed by atoms with van der Waals surface area (Å²) in [5.41, 5.74) is 5.70. The Kier molecular flexibility index (Phi) is 6.14. The fourth-order valence-electron chi connectivity index (χ4n) is 5.30. The molecule has 1 N–H and O–H groups in total. The van der Waals surface area contributed by atoms with Crippen molar-refractivity contribution < 1.29 is 13.9 Å². The van der Waals surface area contributed by atoms with Crippen LogP contribution in [0, 0.1) is 6.92 Å². The highest BCUT2D eigenvalue weighted by Crippen LogP contribution is 2.42. The van der Waals surface area contributed by atoms with Crippen molar-refractivity contribution in [3.63, 3.8) is 0 Å². The van der Waals surface area contributed by atoms with E-state index >= 15 is 0 Å². The van der Waals surface area contributed by atoms with Crippen LogP contribution in [0.25, 0.3) is 38.4 Å². The van der Waals surface area contributed by atoms with Gasteiger partial charge in [0.2, 0.25) is 5.91 Å². The minimum atomic E-state index is -0.0364. The summed E-state index contributed by atoms with van der Waals surface area (Å²) < 4.78 is 11.9. The number of hydrogen-bond donors (Lipinski definition) is 1. The van der Waals surface area contributed by atoms with Gasteiger partial charge in [-0.05, 0) is 54.7 Å². The van der Waals surface area contributed by atoms with Crippen molar-refractivity contribution >= 4 is 33.2 Å². The summed E-state index contributed by atoms with van der Waals surface area (Å²) in [4.78, 5) is 12.8. The van der Waals surface area contributed by atoms with Gasteiger partial charge in [-0.15, -0.1) is 0 Å². The molecule has 1 saturated carbocycles. The molecule has 0 spiro atoms. The number of allylic oxidation sites excluding steroid dienone is 1. The van der Waals surface area contributed by atoms with E-state index in [1.165, 1.54) is 30.0 Å². The fourth-order valence-corrected chi connectivity index (χ4v) is 5.30. The van der Waals surface area contributed by atoms with Crippen molar-refractivity contribution in [1.82, 2.24) is 5.32 Å². The molecule has 34 heavy (non-hydrogen) atoms. The van der Waals surface area contributed by atoms with Gasteiger partial charge in [0.15, 0.2) is 0 Å². The van der Waals surface area contributed by atoms with Crippen molar-refractivity contribution in [3.05, 3.63) is 72.0 Å². The Morgan fingerprint density at radius 1 is 1.03 bits per heavy atom. The predicted molar refractivity (Wildman–Crippen MR) is 139 cm³/mol. The van der Waals surface area contributed by atoms with Crippen molar-refractivity contribution in [1.29, 1.82) is 0 Å². The lowest BCUT2D eigenvalue weighted by molar-refractivity contribution is -0.117. The third-order valence-corrected chi connectivity index (χ3v) is 7.05. The molecule has 0 saturated heterocycles. The second kappa shape index (κ2) is 9.38. The molecule has 4 aromatic rings. The van der Waals surface area contributed by atoms with Gasteiger partial charge in [-0.25, -0.2) is 0 Å². The Hall–Kier alpha value is -3.53. The SMILES string of the molecule is COc1c(/C(C)=C/C(=O)NC2CCCCC2)cc2c(-c3cccc4ccccc34)coc2c1C. The Morgan fingerprint density at radius 2 is 1.79 bits per heavy atom. The third kappa shape index (κ3) is 4.09. The van der Waals surface area contributed by atoms with Gasteiger partial charge in [0.05, 0.1) is 13.4 Å². The average Bonchev–Trinajstić information content (AvgIpc) is 3.28. The Bertz CT molecular complexity index is 1380. The molecule has 5 rings (SSSR count). The van der Waals surface area contributed by atoms with Gasteiger partial charge in [-0.1, -0.05) is 61.7 Å². The van der Waals surface area contributed by atoms with Crippen LogP contribution in [0.4, 0.5) is 0 Å². The van der Waals surface area contributed by atoms with Crippen LogP contribution in [0.1, 0.15) is 50.2 Å². The maximum absolute atomic E-state index is 12.8. The number of hydrogen-bond acceptors (Lipinski definition) is 3. The average molecular weight is 454 g/mol. The van der Waals surface area contributed by atoms with Crippen LogP contribution in [0.3, 0.4) is 0 Å². The molecule has 0 bridgehead atoms. The molecule has 4 nitrogen and oxygen atoms in total. The van der Waals surface area contributed by atoms with Gasteiger partial charge in [0.1, 0.15) is 11.3 Å². The molecule has 1 heterocycles. The van der Waals surface area contributed by atoms with E-state index in [1.54, 1.807) is 13.2 Å². The Morgan fingerprint density at radius 3 is 2.59 bits per heavy atom. The molecule has 1 fully saturated rings. The first-order chi connectivity index (χ1) is 16.6. The van der Waals surface area contributed by atoms with E-state index in [0.29, 0.717) is 0 Å². The minimum Gasteiger partial charge on any atom is -0.496 e. The number of nitrogens with one attached hydrogen (secondary N) is 1. The standard InChI is InChI=1S/C30H31NO3/c1-19(16-28(32)31-22-12-5-4-6-13-22)25-17-26-27(18-34-30(26)20(2)29(25)33-3)24-15-9-11-21-10-7-8-14-23(21)24/h7-11,14-18,22H,4-6,12-13H2,1-3H3,(H,31,32)/b19-16+. The summed E-state index contributed by atoms with van der Waals surface area (Å²) in [7, 11) is 1.67. The van der Waals surface area contributed by atoms with E-state index in [1.807, 2.05) is 20.1 Å². The number of rotatable bonds is 5. The van der Waals surface area contributed by atoms with Gasteiger partial charge in [0.25, 0.3) is 0 Å². The molecular formula is C30H31NO3. The molecule has 4 heteroatoms. The predicted octanol–water partition coefficient (Wildman–Crippen LogP) is 7.42. The monoisotopic (exact) mass is 453 g/mol. The molecule has 0 atom stereocenters. The number of carbonyl (C=O) groups is 1. The second-order valence-electron chi connectivity index (χ2n) is 9.31. The zero-order valence-electron chi connectivity index (χ0n) is 20.1. The molecule has 1 aliphatic rings. The number of aryl methyl sites for hydroxylation is 1. The summed E-state index contributed by atoms with van der Waals surface area (Å²) in [6.07, 6.45) is 9.31. The topological polar surface area (TPSA) is 51.5 Å². The van der Waals surface area contributed by atoms with Crippen molar-refractivity contribution in [2.75, 3.05) is 7.11 Å². The van der Waals surface area contributed by atoms with Crippen molar-refractivity contribution in [3.8, 4) is 16.9 Å². The number of furan rings is 1. The summed E-state index contributed by atoms with van der Waals surface area (Å²) in [6.45, 7) is 3.98. The fraction of sp³-hybridized carbons (Fsp3) is 0.300. The molecule has 0 radical (unpaired) electrons. The van der Waals surface area contributed by atoms with Crippen LogP contribution >= 0.6 is 0 Å². The first-order valence-electron chi connectivity index (χ1n) is 12.1. The normalized spacial score (nSPS) is 15.1. The van der Waals surface area contributed by atoms with Gasteiger partial charge in [-0.2, -0.15) is 0 Å². The number of fused-ring (bicyclic) bond motifs is 2. The van der Waals surface area contributed by atoms with E-state index in [4.69, 9.17) is 9.15 Å². The molecule has 174 valence electrons. The maximum Gasteiger partial charge on any atom is 0.244 e. The summed E-state index contributed by atoms with van der Waals surface area (Å²) in [5.74, 6) is 0.705. The Balaban J connectivity index is 1.59. The van der Waals surface area contributed by atoms with E-state index in [9.17, 15) is 4.79 Å². The number of benzene rings is 3. The number of methoxy groups -OCH3 is 1. The van der Waals surface area contributed by atoms with Gasteiger partial charge in [-0.3, -0.25) is 4.79 Å². The molecule has 1 amide bonds. The molecular weight excluding hydrogens is 422 g/mol. The van der Waals surface area contributed by atoms with E-state index in [-0.39, 0.29) is 11.9 Å². The van der Waals surface area contributed by atoms with Crippen LogP contribution in [-0.4, -0.2) is 19.1 Å². The lowest BCUT2D eigenvalue weighted by atomic mass is 9.94. The van der Waals surface area contributed by atoms with Crippen LogP contribution in [-0.2, 0) is 4.79 Å². The van der Waals surface area contributed by atoms with Crippen LogP contribution in [0.15, 0.2) is 65.3 Å². The molecule has 0 unspecified atom stereocenters. The minimum absolute atomic E-state index is 0.0364. The highest BCUT2D eigenvalue weighted by atomic mass is 16.5. The van der Waals surface area contributed by atoms with Gasteiger partial charge < -0.3 is 14.5 Å². The molecule has 1 aliphatic carbocycles. The van der Waals surface area contributed by atoms with Crippen LogP contribution in [0.2, 0.25) is 0 Å². The number of carbonyl (C=O) groups excluding carboxylic acids is 1. The second-order valence-corrected chi connectivity index (χ2v) is 9.31. The van der Waals surface area contributed by atoms with Crippen LogP contribution < -0.4 is 10.1 Å². The zero-order valence-corrected chi connectivity index (χ0v) is 20.1. The van der Waals surface area contributed by atoms with Crippen LogP contribution in [0.5, 0.6) is 5.75 Å². The van der Waals surface area contributed by atoms with Crippen molar-refractivity contribution in [2.24, 2.45) is 0 Å². The van der Waals surface area contributed by atoms with E-state index in [0.717, 1.165) is 57.4 Å². The highest BCUT2D eigenvalue weighted by Gasteiger charge is 2.20. The largest absolute Gasteiger partial charge is 0.496 e. The zero-order chi connectivity index (χ0) is 23.7. The number of amides is 1. The lowest BCUT2D eigenvalue weighted by Gasteiger charge is -2.22. The number of ether oxygens (including phenoxy) is 1. The lowest BCUT2D eigenvalue weighted by Crippen LogP contribution is -2.35. The quantitative estimate of drug-likeness (QED) is 0.320. The third-order valence-electron chi connectivity index (χ3n) is 7.05.